The lowest BCUT2D eigenvalue weighted by atomic mass is 9.82. The van der Waals surface area contributed by atoms with Crippen LogP contribution >= 0.6 is 0 Å². The minimum absolute atomic E-state index is 0.00110. The van der Waals surface area contributed by atoms with E-state index in [4.69, 9.17) is 0 Å². The maximum Gasteiger partial charge on any atom is 0.435 e. The summed E-state index contributed by atoms with van der Waals surface area (Å²) < 4.78 is 41.6. The second-order valence-electron chi connectivity index (χ2n) is 9.81. The number of urea groups is 1. The molecule has 2 unspecified atom stereocenters. The van der Waals surface area contributed by atoms with Crippen LogP contribution in [0.3, 0.4) is 0 Å². The van der Waals surface area contributed by atoms with E-state index in [-0.39, 0.29) is 43.2 Å². The van der Waals surface area contributed by atoms with Gasteiger partial charge in [-0.05, 0) is 24.0 Å². The molecule has 1 saturated heterocycles. The Hall–Kier alpha value is -4.15. The van der Waals surface area contributed by atoms with Gasteiger partial charge in [-0.15, -0.1) is 0 Å². The van der Waals surface area contributed by atoms with Gasteiger partial charge in [0.15, 0.2) is 11.5 Å². The normalized spacial score (nSPS) is 17.3. The van der Waals surface area contributed by atoms with Gasteiger partial charge >= 0.3 is 12.2 Å². The zero-order chi connectivity index (χ0) is 28.2. The Labute approximate surface area is 224 Å². The van der Waals surface area contributed by atoms with Crippen molar-refractivity contribution in [3.8, 4) is 5.69 Å². The number of carbonyl (C=O) groups excluding carboxylic acids is 3. The number of carbonyl (C=O) groups is 3. The molecule has 2 heterocycles. The highest BCUT2D eigenvalue weighted by Crippen LogP contribution is 2.33. The number of nitrogens with zero attached hydrogens (tertiary/aromatic N) is 3. The van der Waals surface area contributed by atoms with Gasteiger partial charge in [-0.1, -0.05) is 62.4 Å². The molecule has 4 rings (SSSR count). The molecule has 2 aromatic carbocycles. The number of likely N-dealkylation sites (tertiary alicyclic amines) is 1. The Kier molecular flexibility index (Phi) is 8.37. The molecule has 1 aliphatic rings. The van der Waals surface area contributed by atoms with Crippen LogP contribution in [0.15, 0.2) is 66.9 Å². The standard InChI is InChI=1S/C28H30F3N5O3/c1-18(2)21-15-35(16-22(21)24(37)19-9-5-3-6-10-19)27(39)33-14-13-32-26(38)23-17-36(20-11-7-4-8-12-20)34-25(23)28(29,30)31/h3-12,17-18,21-22H,13-16H2,1-2H3,(H,32,38)(H,33,39). The fourth-order valence-corrected chi connectivity index (χ4v) is 4.78. The van der Waals surface area contributed by atoms with E-state index < -0.39 is 29.4 Å². The number of Topliss-reactive ketones (excluding diaryl/α,β-unsaturated/α-hetero) is 1. The zero-order valence-corrected chi connectivity index (χ0v) is 21.6. The van der Waals surface area contributed by atoms with Crippen LogP contribution < -0.4 is 10.6 Å². The molecule has 0 radical (unpaired) electrons. The van der Waals surface area contributed by atoms with Gasteiger partial charge in [-0.2, -0.15) is 18.3 Å². The minimum Gasteiger partial charge on any atom is -0.350 e. The van der Waals surface area contributed by atoms with Crippen LogP contribution in [0.2, 0.25) is 0 Å². The van der Waals surface area contributed by atoms with Crippen LogP contribution in [0.25, 0.3) is 5.69 Å². The van der Waals surface area contributed by atoms with Gasteiger partial charge in [0.2, 0.25) is 0 Å². The number of nitrogens with one attached hydrogen (secondary N) is 2. The lowest BCUT2D eigenvalue weighted by Gasteiger charge is -2.20. The Morgan fingerprint density at radius 2 is 1.56 bits per heavy atom. The summed E-state index contributed by atoms with van der Waals surface area (Å²) in [5.41, 5.74) is -0.923. The Bertz CT molecular complexity index is 1310. The number of benzene rings is 2. The largest absolute Gasteiger partial charge is 0.435 e. The second kappa shape index (κ2) is 11.7. The summed E-state index contributed by atoms with van der Waals surface area (Å²) in [6.07, 6.45) is -3.79. The summed E-state index contributed by atoms with van der Waals surface area (Å²) in [5, 5.41) is 8.67. The third-order valence-electron chi connectivity index (χ3n) is 6.84. The van der Waals surface area contributed by atoms with E-state index in [9.17, 15) is 27.6 Å². The summed E-state index contributed by atoms with van der Waals surface area (Å²) >= 11 is 0. The van der Waals surface area contributed by atoms with Gasteiger partial charge in [-0.25, -0.2) is 9.48 Å². The number of halogens is 3. The number of amides is 3. The van der Waals surface area contributed by atoms with E-state index in [2.05, 4.69) is 15.7 Å². The highest BCUT2D eigenvalue weighted by Gasteiger charge is 2.41. The molecule has 1 aliphatic heterocycles. The molecule has 11 heteroatoms. The Balaban J connectivity index is 1.34. The van der Waals surface area contributed by atoms with Crippen LogP contribution in [0.1, 0.15) is 40.3 Å². The number of para-hydroxylation sites is 1. The molecule has 0 aliphatic carbocycles. The summed E-state index contributed by atoms with van der Waals surface area (Å²) in [4.78, 5) is 40.1. The van der Waals surface area contributed by atoms with Crippen molar-refractivity contribution in [2.24, 2.45) is 17.8 Å². The average molecular weight is 542 g/mol. The first-order valence-electron chi connectivity index (χ1n) is 12.7. The second-order valence-corrected chi connectivity index (χ2v) is 9.81. The van der Waals surface area contributed by atoms with Gasteiger partial charge in [0.25, 0.3) is 5.91 Å². The van der Waals surface area contributed by atoms with Crippen molar-refractivity contribution in [3.63, 3.8) is 0 Å². The highest BCUT2D eigenvalue weighted by molar-refractivity contribution is 5.99. The molecular formula is C28H30F3N5O3. The van der Waals surface area contributed by atoms with Gasteiger partial charge in [-0.3, -0.25) is 9.59 Å². The van der Waals surface area contributed by atoms with Crippen molar-refractivity contribution in [1.82, 2.24) is 25.3 Å². The Morgan fingerprint density at radius 3 is 2.18 bits per heavy atom. The molecule has 0 spiro atoms. The molecule has 1 aromatic heterocycles. The van der Waals surface area contributed by atoms with Crippen molar-refractivity contribution >= 4 is 17.7 Å². The van der Waals surface area contributed by atoms with Crippen molar-refractivity contribution in [2.45, 2.75) is 20.0 Å². The van der Waals surface area contributed by atoms with Gasteiger partial charge in [0.05, 0.1) is 11.3 Å². The predicted octanol–water partition coefficient (Wildman–Crippen LogP) is 4.42. The van der Waals surface area contributed by atoms with Crippen LogP contribution in [-0.4, -0.2) is 58.6 Å². The first kappa shape index (κ1) is 27.9. The molecule has 39 heavy (non-hydrogen) atoms. The van der Waals surface area contributed by atoms with Crippen LogP contribution in [0, 0.1) is 17.8 Å². The van der Waals surface area contributed by atoms with Crippen LogP contribution in [0.5, 0.6) is 0 Å². The number of aromatic nitrogens is 2. The van der Waals surface area contributed by atoms with Gasteiger partial charge in [0.1, 0.15) is 0 Å². The van der Waals surface area contributed by atoms with Gasteiger partial charge < -0.3 is 15.5 Å². The van der Waals surface area contributed by atoms with E-state index in [1.807, 2.05) is 19.9 Å². The van der Waals surface area contributed by atoms with E-state index >= 15 is 0 Å². The average Bonchev–Trinajstić information content (AvgIpc) is 3.58. The van der Waals surface area contributed by atoms with Crippen molar-refractivity contribution in [2.75, 3.05) is 26.2 Å². The van der Waals surface area contributed by atoms with E-state index in [0.29, 0.717) is 17.8 Å². The molecule has 0 bridgehead atoms. The molecule has 3 aromatic rings. The predicted molar refractivity (Wildman–Crippen MR) is 138 cm³/mol. The lowest BCUT2D eigenvalue weighted by molar-refractivity contribution is -0.141. The fraction of sp³-hybridized carbons (Fsp3) is 0.357. The maximum atomic E-state index is 13.5. The molecule has 8 nitrogen and oxygen atoms in total. The SMILES string of the molecule is CC(C)C1CN(C(=O)NCCNC(=O)c2cn(-c3ccccc3)nc2C(F)(F)F)CC1C(=O)c1ccccc1. The third kappa shape index (κ3) is 6.47. The van der Waals surface area contributed by atoms with Gasteiger partial charge in [0, 0.05) is 43.9 Å². The molecular weight excluding hydrogens is 511 g/mol. The zero-order valence-electron chi connectivity index (χ0n) is 21.6. The first-order chi connectivity index (χ1) is 18.6. The molecule has 1 fully saturated rings. The number of rotatable bonds is 8. The highest BCUT2D eigenvalue weighted by atomic mass is 19.4. The van der Waals surface area contributed by atoms with Crippen molar-refractivity contribution < 1.29 is 27.6 Å². The van der Waals surface area contributed by atoms with E-state index in [0.717, 1.165) is 10.9 Å². The van der Waals surface area contributed by atoms with E-state index in [1.165, 1.54) is 0 Å². The van der Waals surface area contributed by atoms with E-state index in [1.54, 1.807) is 59.5 Å². The summed E-state index contributed by atoms with van der Waals surface area (Å²) in [5.74, 6) is -1.12. The number of alkyl halides is 3. The van der Waals surface area contributed by atoms with Crippen molar-refractivity contribution in [3.05, 3.63) is 83.7 Å². The smallest absolute Gasteiger partial charge is 0.350 e. The maximum absolute atomic E-state index is 13.5. The minimum atomic E-state index is -4.82. The molecule has 3 amide bonds. The first-order valence-corrected chi connectivity index (χ1v) is 12.7. The number of ketones is 1. The quantitative estimate of drug-likeness (QED) is 0.326. The molecule has 206 valence electrons. The third-order valence-corrected chi connectivity index (χ3v) is 6.84. The monoisotopic (exact) mass is 541 g/mol. The summed E-state index contributed by atoms with van der Waals surface area (Å²) in [6, 6.07) is 16.7. The van der Waals surface area contributed by atoms with Crippen LogP contribution in [-0.2, 0) is 6.18 Å². The fourth-order valence-electron chi connectivity index (χ4n) is 4.78. The number of hydrogen-bond donors (Lipinski definition) is 2. The summed E-state index contributed by atoms with van der Waals surface area (Å²) in [6.45, 7) is 4.62. The van der Waals surface area contributed by atoms with Crippen molar-refractivity contribution in [1.29, 1.82) is 0 Å². The topological polar surface area (TPSA) is 96.3 Å². The summed E-state index contributed by atoms with van der Waals surface area (Å²) in [7, 11) is 0. The molecule has 2 N–H and O–H groups in total. The number of hydrogen-bond acceptors (Lipinski definition) is 4. The Morgan fingerprint density at radius 1 is 0.949 bits per heavy atom. The molecule has 0 saturated carbocycles. The lowest BCUT2D eigenvalue weighted by Crippen LogP contribution is -2.42. The van der Waals surface area contributed by atoms with Crippen LogP contribution in [0.4, 0.5) is 18.0 Å². The molecule has 2 atom stereocenters.